The Bertz CT molecular complexity index is 748. The Morgan fingerprint density at radius 2 is 2.20 bits per heavy atom. The van der Waals surface area contributed by atoms with E-state index < -0.39 is 0 Å². The van der Waals surface area contributed by atoms with Crippen LogP contribution in [0.25, 0.3) is 0 Å². The lowest BCUT2D eigenvalue weighted by molar-refractivity contribution is 0.0689. The highest BCUT2D eigenvalue weighted by molar-refractivity contribution is 5.94. The molecule has 0 aromatic carbocycles. The zero-order valence-corrected chi connectivity index (χ0v) is 14.4. The van der Waals surface area contributed by atoms with Gasteiger partial charge in [0.1, 0.15) is 17.1 Å². The lowest BCUT2D eigenvalue weighted by Crippen LogP contribution is -2.43. The second-order valence-electron chi connectivity index (χ2n) is 6.93. The van der Waals surface area contributed by atoms with Crippen LogP contribution in [0.15, 0.2) is 35.1 Å². The van der Waals surface area contributed by atoms with Gasteiger partial charge < -0.3 is 19.1 Å². The molecule has 2 saturated heterocycles. The number of aryl methyl sites for hydroxylation is 1. The zero-order valence-electron chi connectivity index (χ0n) is 14.4. The molecule has 2 aliphatic rings. The molecule has 1 spiro atoms. The van der Waals surface area contributed by atoms with Crippen molar-refractivity contribution in [1.82, 2.24) is 15.0 Å². The van der Waals surface area contributed by atoms with Gasteiger partial charge in [0.25, 0.3) is 5.91 Å². The van der Waals surface area contributed by atoms with Crippen molar-refractivity contribution >= 4 is 11.7 Å². The maximum atomic E-state index is 12.9. The number of carbonyl (C=O) groups is 1. The molecule has 0 bridgehead atoms. The molecule has 1 atom stereocenters. The molecular formula is C18H22N4O3. The van der Waals surface area contributed by atoms with E-state index in [1.165, 1.54) is 6.20 Å². The van der Waals surface area contributed by atoms with Gasteiger partial charge in [-0.1, -0.05) is 11.2 Å². The number of amides is 1. The number of hydrogen-bond acceptors (Lipinski definition) is 6. The topological polar surface area (TPSA) is 71.7 Å². The van der Waals surface area contributed by atoms with Crippen LogP contribution in [0, 0.1) is 12.3 Å². The smallest absolute Gasteiger partial charge is 0.259 e. The quantitative estimate of drug-likeness (QED) is 0.828. The van der Waals surface area contributed by atoms with Crippen molar-refractivity contribution in [1.29, 1.82) is 0 Å². The minimum absolute atomic E-state index is 0.0279. The molecule has 7 heteroatoms. The molecule has 2 aromatic rings. The molecule has 2 fully saturated rings. The number of anilines is 1. The Labute approximate surface area is 146 Å². The average molecular weight is 342 g/mol. The lowest BCUT2D eigenvalue weighted by atomic mass is 9.87. The maximum Gasteiger partial charge on any atom is 0.259 e. The summed E-state index contributed by atoms with van der Waals surface area (Å²) in [5, 5.41) is 3.73. The molecule has 0 N–H and O–H groups in total. The first kappa shape index (κ1) is 16.1. The van der Waals surface area contributed by atoms with E-state index in [9.17, 15) is 4.79 Å². The average Bonchev–Trinajstić information content (AvgIpc) is 3.18. The van der Waals surface area contributed by atoms with E-state index in [0.717, 1.165) is 25.3 Å². The predicted molar refractivity (Wildman–Crippen MR) is 91.5 cm³/mol. The predicted octanol–water partition coefficient (Wildman–Crippen LogP) is 1.75. The van der Waals surface area contributed by atoms with Gasteiger partial charge in [-0.25, -0.2) is 4.98 Å². The summed E-state index contributed by atoms with van der Waals surface area (Å²) in [6.07, 6.45) is 4.30. The highest BCUT2D eigenvalue weighted by Gasteiger charge is 2.43. The van der Waals surface area contributed by atoms with Crippen LogP contribution in [-0.4, -0.2) is 60.3 Å². The molecule has 4 heterocycles. The molecular weight excluding hydrogens is 320 g/mol. The molecule has 2 aliphatic heterocycles. The summed E-state index contributed by atoms with van der Waals surface area (Å²) in [7, 11) is 0. The second-order valence-corrected chi connectivity index (χ2v) is 6.93. The van der Waals surface area contributed by atoms with Gasteiger partial charge in [-0.3, -0.25) is 4.79 Å². The van der Waals surface area contributed by atoms with Gasteiger partial charge in [0.15, 0.2) is 0 Å². The summed E-state index contributed by atoms with van der Waals surface area (Å²) in [6, 6.07) is 5.95. The standard InChI is InChI=1S/C18H22N4O3/c1-14-15(10-20-25-14)17(23)22-8-9-24-13-18(12-22)5-7-21(11-18)16-4-2-3-6-19-16/h2-4,6,10H,5,7-9,11-13H2,1H3/t18-/m1/s1. The fraction of sp³-hybridized carbons (Fsp3) is 0.500. The Hall–Kier alpha value is -2.41. The Kier molecular flexibility index (Phi) is 4.17. The van der Waals surface area contributed by atoms with Gasteiger partial charge in [-0.05, 0) is 25.5 Å². The second kappa shape index (κ2) is 6.48. The van der Waals surface area contributed by atoms with E-state index in [-0.39, 0.29) is 11.3 Å². The third-order valence-corrected chi connectivity index (χ3v) is 5.12. The first-order chi connectivity index (χ1) is 12.2. The van der Waals surface area contributed by atoms with Crippen LogP contribution in [0.5, 0.6) is 0 Å². The fourth-order valence-electron chi connectivity index (χ4n) is 3.76. The summed E-state index contributed by atoms with van der Waals surface area (Å²) in [4.78, 5) is 21.5. The fourth-order valence-corrected chi connectivity index (χ4v) is 3.76. The molecule has 1 amide bonds. The number of nitrogens with zero attached hydrogens (tertiary/aromatic N) is 4. The van der Waals surface area contributed by atoms with Crippen LogP contribution >= 0.6 is 0 Å². The highest BCUT2D eigenvalue weighted by atomic mass is 16.5. The van der Waals surface area contributed by atoms with Gasteiger partial charge in [0.05, 0.1) is 19.4 Å². The summed E-state index contributed by atoms with van der Waals surface area (Å²) in [6.45, 7) is 6.03. The van der Waals surface area contributed by atoms with Gasteiger partial charge in [-0.2, -0.15) is 0 Å². The molecule has 4 rings (SSSR count). The molecule has 0 aliphatic carbocycles. The SMILES string of the molecule is Cc1oncc1C(=O)N1CCOC[C@@]2(CCN(c3ccccn3)C2)C1. The molecule has 0 saturated carbocycles. The molecule has 7 nitrogen and oxygen atoms in total. The minimum atomic E-state index is -0.0608. The summed E-state index contributed by atoms with van der Waals surface area (Å²) >= 11 is 0. The number of ether oxygens (including phenoxy) is 1. The molecule has 25 heavy (non-hydrogen) atoms. The van der Waals surface area contributed by atoms with Crippen molar-refractivity contribution in [3.05, 3.63) is 41.9 Å². The largest absolute Gasteiger partial charge is 0.379 e. The van der Waals surface area contributed by atoms with E-state index in [1.54, 1.807) is 6.92 Å². The minimum Gasteiger partial charge on any atom is -0.379 e. The highest BCUT2D eigenvalue weighted by Crippen LogP contribution is 2.35. The third kappa shape index (κ3) is 3.11. The van der Waals surface area contributed by atoms with Crippen molar-refractivity contribution in [3.63, 3.8) is 0 Å². The van der Waals surface area contributed by atoms with Gasteiger partial charge in [0, 0.05) is 37.8 Å². The zero-order chi connectivity index (χ0) is 17.3. The summed E-state index contributed by atoms with van der Waals surface area (Å²) < 4.78 is 10.9. The van der Waals surface area contributed by atoms with Gasteiger partial charge >= 0.3 is 0 Å². The van der Waals surface area contributed by atoms with E-state index in [2.05, 4.69) is 15.0 Å². The summed E-state index contributed by atoms with van der Waals surface area (Å²) in [5.74, 6) is 1.52. The van der Waals surface area contributed by atoms with Gasteiger partial charge in [-0.15, -0.1) is 0 Å². The molecule has 0 unspecified atom stereocenters. The normalized spacial score (nSPS) is 23.9. The van der Waals surface area contributed by atoms with Crippen molar-refractivity contribution < 1.29 is 14.1 Å². The maximum absolute atomic E-state index is 12.9. The first-order valence-corrected chi connectivity index (χ1v) is 8.61. The molecule has 132 valence electrons. The Morgan fingerprint density at radius 1 is 1.28 bits per heavy atom. The number of carbonyl (C=O) groups excluding carboxylic acids is 1. The van der Waals surface area contributed by atoms with Crippen molar-refractivity contribution in [2.24, 2.45) is 5.41 Å². The van der Waals surface area contributed by atoms with Crippen molar-refractivity contribution in [2.45, 2.75) is 13.3 Å². The van der Waals surface area contributed by atoms with Crippen molar-refractivity contribution in [2.75, 3.05) is 44.3 Å². The molecule has 0 radical (unpaired) electrons. The molecule has 2 aromatic heterocycles. The van der Waals surface area contributed by atoms with Crippen LogP contribution in [0.3, 0.4) is 0 Å². The first-order valence-electron chi connectivity index (χ1n) is 8.61. The lowest BCUT2D eigenvalue weighted by Gasteiger charge is -2.31. The van der Waals surface area contributed by atoms with Gasteiger partial charge in [0.2, 0.25) is 0 Å². The van der Waals surface area contributed by atoms with E-state index >= 15 is 0 Å². The number of aromatic nitrogens is 2. The number of rotatable bonds is 2. The van der Waals surface area contributed by atoms with Crippen LogP contribution in [0.2, 0.25) is 0 Å². The van der Waals surface area contributed by atoms with Crippen LogP contribution < -0.4 is 4.90 Å². The monoisotopic (exact) mass is 342 g/mol. The Morgan fingerprint density at radius 3 is 2.96 bits per heavy atom. The van der Waals surface area contributed by atoms with Crippen LogP contribution in [-0.2, 0) is 4.74 Å². The van der Waals surface area contributed by atoms with E-state index in [4.69, 9.17) is 9.26 Å². The third-order valence-electron chi connectivity index (χ3n) is 5.12. The van der Waals surface area contributed by atoms with Crippen LogP contribution in [0.1, 0.15) is 22.5 Å². The van der Waals surface area contributed by atoms with E-state index in [0.29, 0.717) is 37.6 Å². The van der Waals surface area contributed by atoms with Crippen molar-refractivity contribution in [3.8, 4) is 0 Å². The Balaban J connectivity index is 1.52. The van der Waals surface area contributed by atoms with E-state index in [1.807, 2.05) is 29.3 Å². The summed E-state index contributed by atoms with van der Waals surface area (Å²) in [5.41, 5.74) is 0.478. The number of hydrogen-bond donors (Lipinski definition) is 0. The van der Waals surface area contributed by atoms with Crippen LogP contribution in [0.4, 0.5) is 5.82 Å². The number of pyridine rings is 1.